The van der Waals surface area contributed by atoms with E-state index < -0.39 is 0 Å². The van der Waals surface area contributed by atoms with Crippen LogP contribution in [0.2, 0.25) is 0 Å². The van der Waals surface area contributed by atoms with Crippen LogP contribution < -0.4 is 0 Å². The fourth-order valence-electron chi connectivity index (χ4n) is 2.83. The molecule has 0 aliphatic heterocycles. The first-order valence-electron chi connectivity index (χ1n) is 8.70. The van der Waals surface area contributed by atoms with E-state index in [2.05, 4.69) is 62.9 Å². The Morgan fingerprint density at radius 3 is 2.04 bits per heavy atom. The maximum atomic E-state index is 9.72. The summed E-state index contributed by atoms with van der Waals surface area (Å²) in [7, 11) is 0. The topological polar surface area (TPSA) is 23.8 Å². The molecule has 0 spiro atoms. The predicted octanol–water partition coefficient (Wildman–Crippen LogP) is 5.92. The Labute approximate surface area is 155 Å². The summed E-state index contributed by atoms with van der Waals surface area (Å²) in [6, 6.07) is 26.5. The number of hydrogen-bond donors (Lipinski definition) is 0. The Balaban J connectivity index is 2.02. The van der Waals surface area contributed by atoms with Crippen LogP contribution in [0.1, 0.15) is 43.0 Å². The fraction of sp³-hybridized carbons (Fsp3) is 0.160. The Bertz CT molecular complexity index is 1000. The van der Waals surface area contributed by atoms with Crippen LogP contribution >= 0.6 is 0 Å². The van der Waals surface area contributed by atoms with Gasteiger partial charge in [-0.25, -0.2) is 0 Å². The molecule has 0 amide bonds. The first-order valence-corrected chi connectivity index (χ1v) is 8.70. The Morgan fingerprint density at radius 1 is 0.731 bits per heavy atom. The molecule has 0 unspecified atom stereocenters. The highest BCUT2D eigenvalue weighted by molar-refractivity contribution is 5.74. The largest absolute Gasteiger partial charge is 0.192 e. The van der Waals surface area contributed by atoms with Crippen LogP contribution in [0.15, 0.2) is 72.8 Å². The lowest BCUT2D eigenvalue weighted by atomic mass is 9.85. The molecule has 0 radical (unpaired) electrons. The van der Waals surface area contributed by atoms with Gasteiger partial charge in [0, 0.05) is 16.7 Å². The van der Waals surface area contributed by atoms with E-state index in [4.69, 9.17) is 0 Å². The zero-order chi connectivity index (χ0) is 18.6. The summed E-state index contributed by atoms with van der Waals surface area (Å²) in [5, 5.41) is 9.72. The van der Waals surface area contributed by atoms with Crippen molar-refractivity contribution in [1.82, 2.24) is 0 Å². The van der Waals surface area contributed by atoms with Crippen LogP contribution in [0.25, 0.3) is 11.1 Å². The minimum absolute atomic E-state index is 0.111. The van der Waals surface area contributed by atoms with Gasteiger partial charge in [-0.05, 0) is 34.7 Å². The molecule has 0 atom stereocenters. The molecule has 3 rings (SSSR count). The van der Waals surface area contributed by atoms with Gasteiger partial charge < -0.3 is 0 Å². The zero-order valence-corrected chi connectivity index (χ0v) is 15.4. The Hall–Kier alpha value is -3.29. The minimum atomic E-state index is 0.111. The third-order valence-corrected chi connectivity index (χ3v) is 4.35. The molecule has 3 aromatic rings. The Kier molecular flexibility index (Phi) is 4.92. The van der Waals surface area contributed by atoms with Gasteiger partial charge in [-0.1, -0.05) is 87.2 Å². The van der Waals surface area contributed by atoms with Crippen LogP contribution in [0.5, 0.6) is 0 Å². The molecule has 0 N–H and O–H groups in total. The molecule has 0 aliphatic rings. The standard InChI is InChI=1S/C25H21N/c1-25(2,3)22-16-14-21(15-17-22)23-11-7-10-20(24(23)18-26)13-12-19-8-5-4-6-9-19/h4-11,14-17H,1-3H3. The predicted molar refractivity (Wildman–Crippen MR) is 108 cm³/mol. The van der Waals surface area contributed by atoms with Gasteiger partial charge in [-0.3, -0.25) is 0 Å². The van der Waals surface area contributed by atoms with E-state index in [0.717, 1.165) is 22.3 Å². The molecule has 126 valence electrons. The van der Waals surface area contributed by atoms with Gasteiger partial charge in [-0.15, -0.1) is 0 Å². The van der Waals surface area contributed by atoms with Gasteiger partial charge >= 0.3 is 0 Å². The molecule has 0 aliphatic carbocycles. The maximum absolute atomic E-state index is 9.72. The first-order chi connectivity index (χ1) is 12.5. The second kappa shape index (κ2) is 7.30. The van der Waals surface area contributed by atoms with Crippen molar-refractivity contribution in [1.29, 1.82) is 5.26 Å². The van der Waals surface area contributed by atoms with Crippen molar-refractivity contribution in [3.05, 3.63) is 95.1 Å². The third-order valence-electron chi connectivity index (χ3n) is 4.35. The lowest BCUT2D eigenvalue weighted by Crippen LogP contribution is -2.10. The summed E-state index contributed by atoms with van der Waals surface area (Å²) in [4.78, 5) is 0. The SMILES string of the molecule is CC(C)(C)c1ccc(-c2cccc(C#Cc3ccccc3)c2C#N)cc1. The summed E-state index contributed by atoms with van der Waals surface area (Å²) in [6.45, 7) is 6.59. The van der Waals surface area contributed by atoms with E-state index >= 15 is 0 Å². The molecule has 1 nitrogen and oxygen atoms in total. The van der Waals surface area contributed by atoms with E-state index in [-0.39, 0.29) is 5.41 Å². The van der Waals surface area contributed by atoms with Crippen molar-refractivity contribution < 1.29 is 0 Å². The molecule has 0 saturated heterocycles. The normalized spacial score (nSPS) is 10.5. The van der Waals surface area contributed by atoms with Gasteiger partial charge in [0.05, 0.1) is 5.56 Å². The van der Waals surface area contributed by atoms with Crippen LogP contribution in [-0.4, -0.2) is 0 Å². The monoisotopic (exact) mass is 335 g/mol. The molecule has 0 aromatic heterocycles. The molecule has 1 heteroatoms. The highest BCUT2D eigenvalue weighted by Crippen LogP contribution is 2.29. The number of rotatable bonds is 1. The zero-order valence-electron chi connectivity index (χ0n) is 15.4. The molecular weight excluding hydrogens is 314 g/mol. The molecule has 0 heterocycles. The third kappa shape index (κ3) is 3.85. The Morgan fingerprint density at radius 2 is 1.42 bits per heavy atom. The van der Waals surface area contributed by atoms with Crippen molar-refractivity contribution in [3.63, 3.8) is 0 Å². The summed E-state index contributed by atoms with van der Waals surface area (Å²) in [5.41, 5.74) is 5.68. The van der Waals surface area contributed by atoms with Gasteiger partial charge in [0.25, 0.3) is 0 Å². The summed E-state index contributed by atoms with van der Waals surface area (Å²) >= 11 is 0. The lowest BCUT2D eigenvalue weighted by Gasteiger charge is -2.19. The molecule has 0 fully saturated rings. The van der Waals surface area contributed by atoms with Crippen LogP contribution in [-0.2, 0) is 5.41 Å². The van der Waals surface area contributed by atoms with Crippen molar-refractivity contribution >= 4 is 0 Å². The van der Waals surface area contributed by atoms with Crippen molar-refractivity contribution in [3.8, 4) is 29.0 Å². The first kappa shape index (κ1) is 17.5. The highest BCUT2D eigenvalue weighted by Gasteiger charge is 2.14. The number of nitriles is 1. The second-order valence-electron chi connectivity index (χ2n) is 7.28. The second-order valence-corrected chi connectivity index (χ2v) is 7.28. The van der Waals surface area contributed by atoms with E-state index in [1.54, 1.807) is 0 Å². The quantitative estimate of drug-likeness (QED) is 0.506. The highest BCUT2D eigenvalue weighted by atomic mass is 14.3. The molecular formula is C25H21N. The van der Waals surface area contributed by atoms with Gasteiger partial charge in [0.1, 0.15) is 6.07 Å². The summed E-state index contributed by atoms with van der Waals surface area (Å²) < 4.78 is 0. The van der Waals surface area contributed by atoms with Crippen molar-refractivity contribution in [2.75, 3.05) is 0 Å². The lowest BCUT2D eigenvalue weighted by molar-refractivity contribution is 0.590. The van der Waals surface area contributed by atoms with Crippen molar-refractivity contribution in [2.45, 2.75) is 26.2 Å². The number of hydrogen-bond acceptors (Lipinski definition) is 1. The molecule has 0 bridgehead atoms. The summed E-state index contributed by atoms with van der Waals surface area (Å²) in [6.07, 6.45) is 0. The summed E-state index contributed by atoms with van der Waals surface area (Å²) in [5.74, 6) is 6.30. The van der Waals surface area contributed by atoms with Crippen LogP contribution in [0, 0.1) is 23.2 Å². The smallest absolute Gasteiger partial charge is 0.101 e. The molecule has 0 saturated carbocycles. The average Bonchev–Trinajstić information content (AvgIpc) is 2.66. The van der Waals surface area contributed by atoms with E-state index in [9.17, 15) is 5.26 Å². The minimum Gasteiger partial charge on any atom is -0.192 e. The molecule has 3 aromatic carbocycles. The fourth-order valence-corrected chi connectivity index (χ4v) is 2.83. The maximum Gasteiger partial charge on any atom is 0.101 e. The van der Waals surface area contributed by atoms with Crippen LogP contribution in [0.4, 0.5) is 0 Å². The molecule has 26 heavy (non-hydrogen) atoms. The van der Waals surface area contributed by atoms with E-state index in [1.165, 1.54) is 5.56 Å². The van der Waals surface area contributed by atoms with E-state index in [0.29, 0.717) is 5.56 Å². The van der Waals surface area contributed by atoms with Gasteiger partial charge in [-0.2, -0.15) is 5.26 Å². The number of nitrogens with zero attached hydrogens (tertiary/aromatic N) is 1. The van der Waals surface area contributed by atoms with Gasteiger partial charge in [0.15, 0.2) is 0 Å². The van der Waals surface area contributed by atoms with E-state index in [1.807, 2.05) is 48.5 Å². The van der Waals surface area contributed by atoms with Crippen LogP contribution in [0.3, 0.4) is 0 Å². The average molecular weight is 335 g/mol. The number of benzene rings is 3. The van der Waals surface area contributed by atoms with Crippen molar-refractivity contribution in [2.24, 2.45) is 0 Å². The van der Waals surface area contributed by atoms with Gasteiger partial charge in [0.2, 0.25) is 0 Å².